The molecule has 0 aromatic heterocycles. The third kappa shape index (κ3) is 13.4. The van der Waals surface area contributed by atoms with E-state index in [0.29, 0.717) is 54.2 Å². The van der Waals surface area contributed by atoms with Gasteiger partial charge in [-0.1, -0.05) is 211 Å². The fourth-order valence-corrected chi connectivity index (χ4v) is 11.4. The van der Waals surface area contributed by atoms with Crippen molar-refractivity contribution in [2.75, 3.05) is 34.0 Å². The quantitative estimate of drug-likeness (QED) is 0.0347. The Morgan fingerprint density at radius 2 is 1.00 bits per heavy atom. The standard InChI is InChI=1S/C73H72N4O7/c1-49-27-33-52(34-28-49)69(53-35-29-50(2)30-36-53)76-68(78)48-83-58-41-37-54(38-42-58)70(64-44-43-59(81-4)46-67(64)82-5)77-71(79)66(75-72(80)84-47-65-62-24-14-12-22-60(62)61-23-13-15-25-63(61)65)26-16-17-45-74-73(55-18-8-6-9-19-55,56-20-10-7-11-21-56)57-39-31-51(3)32-40-57/h6-15,18-25,27-44,46,65-66,69-70,74H,16-17,26,45,47-48H2,1-5H3,(H,75,80)(H,76,78)(H,77,79)/t66-,70?/m1/s1. The summed E-state index contributed by atoms with van der Waals surface area (Å²) in [5.74, 6) is 0.625. The summed E-state index contributed by atoms with van der Waals surface area (Å²) in [5.41, 5.74) is 13.7. The van der Waals surface area contributed by atoms with Gasteiger partial charge in [0.15, 0.2) is 6.61 Å². The number of alkyl carbamates (subject to hydrolysis) is 1. The van der Waals surface area contributed by atoms with Gasteiger partial charge in [0.2, 0.25) is 5.91 Å². The molecule has 0 aliphatic heterocycles. The maximum absolute atomic E-state index is 15.2. The number of fused-ring (bicyclic) bond motifs is 3. The van der Waals surface area contributed by atoms with Gasteiger partial charge in [-0.3, -0.25) is 14.9 Å². The highest BCUT2D eigenvalue weighted by molar-refractivity contribution is 5.86. The van der Waals surface area contributed by atoms with Crippen LogP contribution in [0.5, 0.6) is 17.2 Å². The SMILES string of the molecule is COc1ccc(C(NC(=O)[C@@H](CCCCNC(c2ccccc2)(c2ccccc2)c2ccc(C)cc2)NC(=O)OCC2c3ccccc3-c3ccccc32)c2ccc(OCC(=O)NC(c3ccc(C)cc3)c3ccc(C)cc3)cc2)c(OC)c1. The highest BCUT2D eigenvalue weighted by Gasteiger charge is 2.36. The van der Waals surface area contributed by atoms with Gasteiger partial charge >= 0.3 is 6.09 Å². The number of carbonyl (C=O) groups is 3. The van der Waals surface area contributed by atoms with Crippen LogP contribution in [0.15, 0.2) is 224 Å². The zero-order valence-electron chi connectivity index (χ0n) is 48.3. The number of amides is 3. The molecule has 84 heavy (non-hydrogen) atoms. The summed E-state index contributed by atoms with van der Waals surface area (Å²) in [6, 6.07) is 72.8. The molecular formula is C73H72N4O7. The van der Waals surface area contributed by atoms with Crippen molar-refractivity contribution in [1.29, 1.82) is 0 Å². The topological polar surface area (TPSA) is 136 Å². The number of ether oxygens (including phenoxy) is 4. The van der Waals surface area contributed by atoms with Crippen LogP contribution < -0.4 is 35.5 Å². The van der Waals surface area contributed by atoms with E-state index in [0.717, 1.165) is 61.2 Å². The Morgan fingerprint density at radius 3 is 1.56 bits per heavy atom. The molecule has 1 aliphatic carbocycles. The van der Waals surface area contributed by atoms with Crippen LogP contribution >= 0.6 is 0 Å². The van der Waals surface area contributed by atoms with E-state index >= 15 is 4.79 Å². The first kappa shape index (κ1) is 57.8. The van der Waals surface area contributed by atoms with E-state index in [4.69, 9.17) is 18.9 Å². The number of benzene rings is 9. The van der Waals surface area contributed by atoms with Gasteiger partial charge in [-0.2, -0.15) is 0 Å². The number of nitrogens with one attached hydrogen (secondary N) is 4. The Hall–Kier alpha value is -9.45. The molecule has 1 aliphatic rings. The minimum Gasteiger partial charge on any atom is -0.497 e. The highest BCUT2D eigenvalue weighted by Crippen LogP contribution is 2.45. The minimum absolute atomic E-state index is 0.0833. The lowest BCUT2D eigenvalue weighted by Gasteiger charge is -2.37. The maximum Gasteiger partial charge on any atom is 0.407 e. The lowest BCUT2D eigenvalue weighted by atomic mass is 9.76. The summed E-state index contributed by atoms with van der Waals surface area (Å²) in [6.45, 7) is 6.59. The van der Waals surface area contributed by atoms with E-state index in [1.165, 1.54) is 5.56 Å². The first-order valence-corrected chi connectivity index (χ1v) is 28.7. The summed E-state index contributed by atoms with van der Waals surface area (Å²) in [4.78, 5) is 43.1. The summed E-state index contributed by atoms with van der Waals surface area (Å²) in [7, 11) is 3.15. The second kappa shape index (κ2) is 27.1. The Morgan fingerprint density at radius 1 is 0.500 bits per heavy atom. The Balaban J connectivity index is 0.892. The molecule has 0 saturated heterocycles. The van der Waals surface area contributed by atoms with Gasteiger partial charge in [-0.05, 0) is 126 Å². The molecule has 9 aromatic carbocycles. The van der Waals surface area contributed by atoms with Crippen molar-refractivity contribution in [3.8, 4) is 28.4 Å². The van der Waals surface area contributed by atoms with E-state index in [1.807, 2.05) is 123 Å². The van der Waals surface area contributed by atoms with Crippen LogP contribution in [0.4, 0.5) is 4.79 Å². The highest BCUT2D eigenvalue weighted by atomic mass is 16.5. The van der Waals surface area contributed by atoms with E-state index < -0.39 is 29.6 Å². The molecular weight excluding hydrogens is 1040 g/mol. The number of methoxy groups -OCH3 is 2. The molecule has 0 radical (unpaired) electrons. The summed E-state index contributed by atoms with van der Waals surface area (Å²) in [6.07, 6.45) is 0.823. The molecule has 0 bridgehead atoms. The third-order valence-corrected chi connectivity index (χ3v) is 15.9. The van der Waals surface area contributed by atoms with Crippen LogP contribution in [0, 0.1) is 20.8 Å². The summed E-state index contributed by atoms with van der Waals surface area (Å²) in [5, 5.41) is 13.5. The average Bonchev–Trinajstić information content (AvgIpc) is 4.00. The second-order valence-corrected chi connectivity index (χ2v) is 21.5. The fraction of sp³-hybridized carbons (Fsp3) is 0.219. The van der Waals surface area contributed by atoms with Crippen molar-refractivity contribution in [3.05, 3.63) is 291 Å². The third-order valence-electron chi connectivity index (χ3n) is 15.9. The molecule has 0 spiro atoms. The molecule has 2 atom stereocenters. The minimum atomic E-state index is -1.01. The number of rotatable bonds is 24. The summed E-state index contributed by atoms with van der Waals surface area (Å²) < 4.78 is 23.7. The number of aryl methyl sites for hydroxylation is 3. The van der Waals surface area contributed by atoms with Crippen LogP contribution in [-0.4, -0.2) is 57.9 Å². The molecule has 3 amide bonds. The molecule has 4 N–H and O–H groups in total. The van der Waals surface area contributed by atoms with Gasteiger partial charge in [0.25, 0.3) is 5.91 Å². The molecule has 0 fully saturated rings. The first-order chi connectivity index (χ1) is 41.0. The van der Waals surface area contributed by atoms with E-state index in [-0.39, 0.29) is 31.1 Å². The zero-order chi connectivity index (χ0) is 58.4. The monoisotopic (exact) mass is 1120 g/mol. The molecule has 426 valence electrons. The molecule has 9 aromatic rings. The number of hydrogen-bond acceptors (Lipinski definition) is 8. The zero-order valence-corrected chi connectivity index (χ0v) is 48.3. The lowest BCUT2D eigenvalue weighted by Crippen LogP contribution is -2.48. The Bertz CT molecular complexity index is 3520. The predicted molar refractivity (Wildman–Crippen MR) is 332 cm³/mol. The van der Waals surface area contributed by atoms with Gasteiger partial charge < -0.3 is 34.9 Å². The molecule has 0 heterocycles. The molecule has 10 rings (SSSR count). The Kier molecular flexibility index (Phi) is 18.6. The predicted octanol–water partition coefficient (Wildman–Crippen LogP) is 13.8. The van der Waals surface area contributed by atoms with Gasteiger partial charge in [0.1, 0.15) is 29.9 Å². The fourth-order valence-electron chi connectivity index (χ4n) is 11.4. The van der Waals surface area contributed by atoms with Crippen molar-refractivity contribution in [3.63, 3.8) is 0 Å². The van der Waals surface area contributed by atoms with Crippen molar-refractivity contribution in [2.45, 2.75) is 69.6 Å². The smallest absolute Gasteiger partial charge is 0.407 e. The van der Waals surface area contributed by atoms with Crippen LogP contribution in [0.25, 0.3) is 11.1 Å². The van der Waals surface area contributed by atoms with E-state index in [2.05, 4.69) is 125 Å². The van der Waals surface area contributed by atoms with Gasteiger partial charge in [-0.25, -0.2) is 4.79 Å². The van der Waals surface area contributed by atoms with Crippen molar-refractivity contribution >= 4 is 17.9 Å². The van der Waals surface area contributed by atoms with Crippen molar-refractivity contribution < 1.29 is 33.3 Å². The number of unbranched alkanes of at least 4 members (excludes halogenated alkanes) is 1. The molecule has 0 saturated carbocycles. The average molecular weight is 1120 g/mol. The maximum atomic E-state index is 15.2. The van der Waals surface area contributed by atoms with Crippen molar-refractivity contribution in [1.82, 2.24) is 21.3 Å². The number of hydrogen-bond donors (Lipinski definition) is 4. The molecule has 1 unspecified atom stereocenters. The van der Waals surface area contributed by atoms with E-state index in [1.54, 1.807) is 32.4 Å². The van der Waals surface area contributed by atoms with Gasteiger partial charge in [0, 0.05) is 17.5 Å². The molecule has 11 nitrogen and oxygen atoms in total. The Labute approximate surface area is 493 Å². The lowest BCUT2D eigenvalue weighted by molar-refractivity contribution is -0.124. The van der Waals surface area contributed by atoms with Crippen LogP contribution in [0.3, 0.4) is 0 Å². The van der Waals surface area contributed by atoms with Crippen LogP contribution in [-0.2, 0) is 19.9 Å². The van der Waals surface area contributed by atoms with Crippen molar-refractivity contribution in [2.24, 2.45) is 0 Å². The second-order valence-electron chi connectivity index (χ2n) is 21.5. The van der Waals surface area contributed by atoms with Crippen LogP contribution in [0.1, 0.15) is 104 Å². The summed E-state index contributed by atoms with van der Waals surface area (Å²) >= 11 is 0. The number of carbonyl (C=O) groups excluding carboxylic acids is 3. The normalized spacial score (nSPS) is 12.5. The molecule has 11 heteroatoms. The van der Waals surface area contributed by atoms with Gasteiger partial charge in [-0.15, -0.1) is 0 Å². The van der Waals surface area contributed by atoms with Crippen LogP contribution in [0.2, 0.25) is 0 Å². The largest absolute Gasteiger partial charge is 0.497 e. The van der Waals surface area contributed by atoms with E-state index in [9.17, 15) is 9.59 Å². The van der Waals surface area contributed by atoms with Gasteiger partial charge in [0.05, 0.1) is 31.8 Å². The first-order valence-electron chi connectivity index (χ1n) is 28.7.